The summed E-state index contributed by atoms with van der Waals surface area (Å²) < 4.78 is 27.7. The number of rotatable bonds is 4. The monoisotopic (exact) mass is 387 g/mol. The van der Waals surface area contributed by atoms with Crippen LogP contribution in [0.2, 0.25) is 0 Å². The zero-order chi connectivity index (χ0) is 19.6. The molecule has 6 nitrogen and oxygen atoms in total. The van der Waals surface area contributed by atoms with Gasteiger partial charge in [-0.05, 0) is 37.1 Å². The van der Waals surface area contributed by atoms with E-state index in [1.54, 1.807) is 41.3 Å². The van der Waals surface area contributed by atoms with E-state index in [2.05, 4.69) is 5.32 Å². The van der Waals surface area contributed by atoms with Crippen LogP contribution in [0.1, 0.15) is 19.4 Å². The van der Waals surface area contributed by atoms with Gasteiger partial charge in [0, 0.05) is 18.8 Å². The minimum Gasteiger partial charge on any atom is -0.308 e. The molecule has 0 spiro atoms. The zero-order valence-corrected chi connectivity index (χ0v) is 16.6. The van der Waals surface area contributed by atoms with Crippen LogP contribution in [0.3, 0.4) is 0 Å². The second-order valence-corrected chi connectivity index (χ2v) is 8.97. The largest absolute Gasteiger partial charge is 0.323 e. The fourth-order valence-electron chi connectivity index (χ4n) is 3.37. The van der Waals surface area contributed by atoms with E-state index >= 15 is 0 Å². The number of aryl methyl sites for hydroxylation is 1. The molecule has 0 aliphatic carbocycles. The summed E-state index contributed by atoms with van der Waals surface area (Å²) in [7, 11) is -3.68. The van der Waals surface area contributed by atoms with Gasteiger partial charge in [-0.2, -0.15) is 4.31 Å². The number of hydrogen-bond acceptors (Lipinski definition) is 3. The van der Waals surface area contributed by atoms with Crippen molar-refractivity contribution in [3.63, 3.8) is 0 Å². The topological polar surface area (TPSA) is 69.7 Å². The van der Waals surface area contributed by atoms with E-state index in [1.165, 1.54) is 4.31 Å². The van der Waals surface area contributed by atoms with Gasteiger partial charge < -0.3 is 10.2 Å². The van der Waals surface area contributed by atoms with Gasteiger partial charge in [0.25, 0.3) is 0 Å². The molecule has 1 N–H and O–H groups in total. The number of benzene rings is 2. The summed E-state index contributed by atoms with van der Waals surface area (Å²) in [4.78, 5) is 14.6. The van der Waals surface area contributed by atoms with E-state index in [0.29, 0.717) is 12.2 Å². The lowest BCUT2D eigenvalue weighted by Gasteiger charge is -2.32. The van der Waals surface area contributed by atoms with Crippen LogP contribution in [0.15, 0.2) is 59.5 Å². The Morgan fingerprint density at radius 1 is 1.04 bits per heavy atom. The summed E-state index contributed by atoms with van der Waals surface area (Å²) in [5.74, 6) is -0.0470. The Morgan fingerprint density at radius 2 is 1.67 bits per heavy atom. The molecule has 144 valence electrons. The van der Waals surface area contributed by atoms with Crippen molar-refractivity contribution in [3.05, 3.63) is 60.2 Å². The standard InChI is InChI=1S/C20H25N3O3S/c1-15(2)19-22(20(24)21-17-7-5-4-6-8-17)13-14-23(19)27(25,26)18-11-9-16(3)10-12-18/h4-12,15,19H,13-14H2,1-3H3,(H,21,24). The van der Waals surface area contributed by atoms with Gasteiger partial charge in [0.15, 0.2) is 0 Å². The van der Waals surface area contributed by atoms with Crippen molar-refractivity contribution in [2.45, 2.75) is 31.8 Å². The number of carbonyl (C=O) groups excluding carboxylic acids is 1. The summed E-state index contributed by atoms with van der Waals surface area (Å²) in [6.07, 6.45) is -0.528. The van der Waals surface area contributed by atoms with Gasteiger partial charge in [-0.15, -0.1) is 0 Å². The Kier molecular flexibility index (Phi) is 5.53. The van der Waals surface area contributed by atoms with Gasteiger partial charge >= 0.3 is 6.03 Å². The first-order chi connectivity index (χ1) is 12.8. The molecule has 1 aliphatic rings. The highest BCUT2D eigenvalue weighted by Crippen LogP contribution is 2.29. The van der Waals surface area contributed by atoms with Crippen molar-refractivity contribution >= 4 is 21.7 Å². The predicted molar refractivity (Wildman–Crippen MR) is 106 cm³/mol. The summed E-state index contributed by atoms with van der Waals surface area (Å²) in [5.41, 5.74) is 1.68. The molecule has 3 rings (SSSR count). The molecule has 0 radical (unpaired) electrons. The van der Waals surface area contributed by atoms with Gasteiger partial charge in [-0.25, -0.2) is 13.2 Å². The number of urea groups is 1. The lowest BCUT2D eigenvalue weighted by Crippen LogP contribution is -2.48. The van der Waals surface area contributed by atoms with Crippen LogP contribution in [-0.2, 0) is 10.0 Å². The molecule has 0 bridgehead atoms. The number of anilines is 1. The van der Waals surface area contributed by atoms with Gasteiger partial charge in [-0.3, -0.25) is 0 Å². The molecule has 1 saturated heterocycles. The van der Waals surface area contributed by atoms with E-state index in [1.807, 2.05) is 39.0 Å². The molecule has 1 fully saturated rings. The minimum atomic E-state index is -3.68. The second-order valence-electron chi connectivity index (χ2n) is 7.08. The van der Waals surface area contributed by atoms with Crippen molar-refractivity contribution in [2.75, 3.05) is 18.4 Å². The third-order valence-electron chi connectivity index (χ3n) is 4.69. The Labute approximate surface area is 160 Å². The van der Waals surface area contributed by atoms with Gasteiger partial charge in [0.1, 0.15) is 6.17 Å². The highest BCUT2D eigenvalue weighted by atomic mass is 32.2. The number of hydrogen-bond donors (Lipinski definition) is 1. The third kappa shape index (κ3) is 3.99. The average molecular weight is 388 g/mol. The maximum Gasteiger partial charge on any atom is 0.323 e. The van der Waals surface area contributed by atoms with Crippen molar-refractivity contribution in [3.8, 4) is 0 Å². The van der Waals surface area contributed by atoms with Gasteiger partial charge in [-0.1, -0.05) is 49.7 Å². The smallest absolute Gasteiger partial charge is 0.308 e. The fourth-order valence-corrected chi connectivity index (χ4v) is 5.08. The van der Waals surface area contributed by atoms with Crippen molar-refractivity contribution in [2.24, 2.45) is 5.92 Å². The fraction of sp³-hybridized carbons (Fsp3) is 0.350. The maximum absolute atomic E-state index is 13.2. The molecule has 0 aromatic heterocycles. The number of carbonyl (C=O) groups is 1. The van der Waals surface area contributed by atoms with Gasteiger partial charge in [0.05, 0.1) is 4.90 Å². The Hall–Kier alpha value is -2.38. The van der Waals surface area contributed by atoms with Crippen LogP contribution in [0.5, 0.6) is 0 Å². The zero-order valence-electron chi connectivity index (χ0n) is 15.8. The highest BCUT2D eigenvalue weighted by Gasteiger charge is 2.43. The van der Waals surface area contributed by atoms with E-state index in [4.69, 9.17) is 0 Å². The number of amides is 2. The molecule has 1 atom stereocenters. The van der Waals surface area contributed by atoms with Crippen LogP contribution < -0.4 is 5.32 Å². The lowest BCUT2D eigenvalue weighted by molar-refractivity contribution is 0.159. The van der Waals surface area contributed by atoms with Crippen LogP contribution in [0.25, 0.3) is 0 Å². The summed E-state index contributed by atoms with van der Waals surface area (Å²) in [5, 5.41) is 2.85. The average Bonchev–Trinajstić information content (AvgIpc) is 3.09. The third-order valence-corrected chi connectivity index (χ3v) is 6.57. The summed E-state index contributed by atoms with van der Waals surface area (Å²) >= 11 is 0. The molecule has 1 heterocycles. The minimum absolute atomic E-state index is 0.0470. The van der Waals surface area contributed by atoms with Crippen molar-refractivity contribution in [1.29, 1.82) is 0 Å². The van der Waals surface area contributed by atoms with E-state index in [9.17, 15) is 13.2 Å². The number of sulfonamides is 1. The molecule has 1 aliphatic heterocycles. The quantitative estimate of drug-likeness (QED) is 0.873. The second kappa shape index (κ2) is 7.70. The van der Waals surface area contributed by atoms with E-state index in [-0.39, 0.29) is 23.4 Å². The predicted octanol–water partition coefficient (Wildman–Crippen LogP) is 3.52. The number of nitrogens with one attached hydrogen (secondary N) is 1. The first kappa shape index (κ1) is 19.4. The highest BCUT2D eigenvalue weighted by molar-refractivity contribution is 7.89. The van der Waals surface area contributed by atoms with Crippen molar-refractivity contribution in [1.82, 2.24) is 9.21 Å². The van der Waals surface area contributed by atoms with E-state index < -0.39 is 16.2 Å². The molecule has 2 aromatic carbocycles. The lowest BCUT2D eigenvalue weighted by atomic mass is 10.1. The maximum atomic E-state index is 13.2. The Bertz CT molecular complexity index is 896. The normalized spacial score (nSPS) is 18.1. The number of nitrogens with zero attached hydrogens (tertiary/aromatic N) is 2. The number of para-hydroxylation sites is 1. The molecule has 2 amide bonds. The molecule has 1 unspecified atom stereocenters. The molecule has 7 heteroatoms. The Morgan fingerprint density at radius 3 is 2.26 bits per heavy atom. The Balaban J connectivity index is 1.85. The van der Waals surface area contributed by atoms with Gasteiger partial charge in [0.2, 0.25) is 10.0 Å². The van der Waals surface area contributed by atoms with Crippen LogP contribution >= 0.6 is 0 Å². The molecular formula is C20H25N3O3S. The van der Waals surface area contributed by atoms with Crippen LogP contribution in [-0.4, -0.2) is 42.9 Å². The molecule has 2 aromatic rings. The van der Waals surface area contributed by atoms with Crippen LogP contribution in [0, 0.1) is 12.8 Å². The molecule has 0 saturated carbocycles. The first-order valence-corrected chi connectivity index (χ1v) is 10.5. The first-order valence-electron chi connectivity index (χ1n) is 9.02. The SMILES string of the molecule is Cc1ccc(S(=O)(=O)N2CCN(C(=O)Nc3ccccc3)C2C(C)C)cc1. The summed E-state index contributed by atoms with van der Waals surface area (Å²) in [6, 6.07) is 15.7. The molecule has 27 heavy (non-hydrogen) atoms. The molecular weight excluding hydrogens is 362 g/mol. The summed E-state index contributed by atoms with van der Waals surface area (Å²) in [6.45, 7) is 6.40. The van der Waals surface area contributed by atoms with Crippen molar-refractivity contribution < 1.29 is 13.2 Å². The van der Waals surface area contributed by atoms with Crippen LogP contribution in [0.4, 0.5) is 10.5 Å². The van der Waals surface area contributed by atoms with E-state index in [0.717, 1.165) is 5.56 Å².